The lowest BCUT2D eigenvalue weighted by atomic mass is 10.0. The van der Waals surface area contributed by atoms with Gasteiger partial charge in [-0.3, -0.25) is 4.98 Å². The van der Waals surface area contributed by atoms with Gasteiger partial charge in [0.25, 0.3) is 0 Å². The van der Waals surface area contributed by atoms with Crippen molar-refractivity contribution in [3.63, 3.8) is 0 Å². The van der Waals surface area contributed by atoms with Crippen LogP contribution in [0.4, 0.5) is 0 Å². The predicted molar refractivity (Wildman–Crippen MR) is 75.3 cm³/mol. The maximum absolute atomic E-state index is 6.04. The SMILES string of the molecule is Clc1ccc2c(c1)C(Br)=Cc1cccnc1C2. The summed E-state index contributed by atoms with van der Waals surface area (Å²) in [6, 6.07) is 10.0. The topological polar surface area (TPSA) is 12.9 Å². The van der Waals surface area contributed by atoms with E-state index < -0.39 is 0 Å². The molecule has 0 saturated carbocycles. The van der Waals surface area contributed by atoms with Crippen molar-refractivity contribution in [2.24, 2.45) is 0 Å². The van der Waals surface area contributed by atoms with Crippen LogP contribution in [-0.4, -0.2) is 4.98 Å². The molecule has 1 aromatic heterocycles. The summed E-state index contributed by atoms with van der Waals surface area (Å²) in [7, 11) is 0. The van der Waals surface area contributed by atoms with Gasteiger partial charge in [-0.1, -0.05) is 39.7 Å². The molecule has 0 N–H and O–H groups in total. The molecule has 2 aromatic rings. The molecule has 0 saturated heterocycles. The molecule has 0 radical (unpaired) electrons. The molecule has 0 unspecified atom stereocenters. The molecule has 0 aliphatic heterocycles. The number of benzene rings is 1. The molecule has 0 fully saturated rings. The van der Waals surface area contributed by atoms with Crippen molar-refractivity contribution in [3.05, 3.63) is 63.9 Å². The summed E-state index contributed by atoms with van der Waals surface area (Å²) in [6.45, 7) is 0. The number of halogens is 2. The maximum atomic E-state index is 6.04. The van der Waals surface area contributed by atoms with Gasteiger partial charge in [0.05, 0.1) is 5.69 Å². The van der Waals surface area contributed by atoms with E-state index in [1.807, 2.05) is 24.4 Å². The molecule has 84 valence electrons. The first-order valence-electron chi connectivity index (χ1n) is 5.34. The van der Waals surface area contributed by atoms with E-state index in [1.54, 1.807) is 0 Å². The monoisotopic (exact) mass is 305 g/mol. The van der Waals surface area contributed by atoms with Gasteiger partial charge in [0, 0.05) is 22.1 Å². The van der Waals surface area contributed by atoms with Gasteiger partial charge in [-0.25, -0.2) is 0 Å². The van der Waals surface area contributed by atoms with Crippen LogP contribution in [0.15, 0.2) is 36.5 Å². The highest BCUT2D eigenvalue weighted by molar-refractivity contribution is 9.15. The summed E-state index contributed by atoms with van der Waals surface area (Å²) in [5.74, 6) is 0. The minimum atomic E-state index is 0.757. The van der Waals surface area contributed by atoms with E-state index in [9.17, 15) is 0 Å². The van der Waals surface area contributed by atoms with E-state index in [1.165, 1.54) is 5.56 Å². The molecule has 0 spiro atoms. The van der Waals surface area contributed by atoms with E-state index >= 15 is 0 Å². The Bertz CT molecular complexity index is 619. The maximum Gasteiger partial charge on any atom is 0.0520 e. The van der Waals surface area contributed by atoms with Gasteiger partial charge in [0.1, 0.15) is 0 Å². The first-order valence-corrected chi connectivity index (χ1v) is 6.51. The Morgan fingerprint density at radius 2 is 2.12 bits per heavy atom. The third-order valence-corrected chi connectivity index (χ3v) is 3.79. The highest BCUT2D eigenvalue weighted by atomic mass is 79.9. The first kappa shape index (κ1) is 11.0. The standard InChI is InChI=1S/C14H9BrClN/c15-13-6-10-2-1-5-17-14(10)7-9-3-4-11(16)8-12(9)13/h1-6,8H,7H2. The van der Waals surface area contributed by atoms with Crippen molar-refractivity contribution < 1.29 is 0 Å². The van der Waals surface area contributed by atoms with Crippen molar-refractivity contribution in [2.75, 3.05) is 0 Å². The first-order chi connectivity index (χ1) is 8.24. The van der Waals surface area contributed by atoms with Crippen molar-refractivity contribution >= 4 is 38.1 Å². The molecule has 1 aliphatic rings. The van der Waals surface area contributed by atoms with Gasteiger partial charge in [-0.2, -0.15) is 0 Å². The number of hydrogen-bond donors (Lipinski definition) is 0. The van der Waals surface area contributed by atoms with Crippen molar-refractivity contribution in [3.8, 4) is 0 Å². The van der Waals surface area contributed by atoms with Gasteiger partial charge in [-0.15, -0.1) is 0 Å². The van der Waals surface area contributed by atoms with E-state index in [2.05, 4.69) is 39.1 Å². The molecular formula is C14H9BrClN. The molecular weight excluding hydrogens is 298 g/mol. The van der Waals surface area contributed by atoms with E-state index in [0.717, 1.165) is 32.7 Å². The second-order valence-corrected chi connectivity index (χ2v) is 5.30. The van der Waals surface area contributed by atoms with Gasteiger partial charge >= 0.3 is 0 Å². The fourth-order valence-corrected chi connectivity index (χ4v) is 2.84. The van der Waals surface area contributed by atoms with Crippen molar-refractivity contribution in [2.45, 2.75) is 6.42 Å². The van der Waals surface area contributed by atoms with Crippen LogP contribution in [0.3, 0.4) is 0 Å². The molecule has 1 aliphatic carbocycles. The summed E-state index contributed by atoms with van der Waals surface area (Å²) < 4.78 is 1.06. The molecule has 0 amide bonds. The third kappa shape index (κ3) is 2.03. The Labute approximate surface area is 113 Å². The fourth-order valence-electron chi connectivity index (χ4n) is 2.05. The van der Waals surface area contributed by atoms with Crippen LogP contribution >= 0.6 is 27.5 Å². The lowest BCUT2D eigenvalue weighted by Crippen LogP contribution is -1.95. The smallest absolute Gasteiger partial charge is 0.0520 e. The van der Waals surface area contributed by atoms with E-state index in [0.29, 0.717) is 0 Å². The quantitative estimate of drug-likeness (QED) is 0.697. The molecule has 0 bridgehead atoms. The average molecular weight is 307 g/mol. The van der Waals surface area contributed by atoms with Crippen LogP contribution in [0.25, 0.3) is 10.6 Å². The minimum Gasteiger partial charge on any atom is -0.260 e. The van der Waals surface area contributed by atoms with Gasteiger partial charge in [0.15, 0.2) is 0 Å². The van der Waals surface area contributed by atoms with Crippen LogP contribution in [0, 0.1) is 0 Å². The second-order valence-electron chi connectivity index (χ2n) is 4.01. The summed E-state index contributed by atoms with van der Waals surface area (Å²) >= 11 is 9.66. The number of hydrogen-bond acceptors (Lipinski definition) is 1. The number of fused-ring (bicyclic) bond motifs is 2. The zero-order valence-electron chi connectivity index (χ0n) is 8.95. The van der Waals surface area contributed by atoms with Crippen LogP contribution in [-0.2, 0) is 6.42 Å². The summed E-state index contributed by atoms with van der Waals surface area (Å²) in [6.07, 6.45) is 4.78. The minimum absolute atomic E-state index is 0.757. The van der Waals surface area contributed by atoms with Crippen molar-refractivity contribution in [1.82, 2.24) is 4.98 Å². The van der Waals surface area contributed by atoms with Crippen molar-refractivity contribution in [1.29, 1.82) is 0 Å². The summed E-state index contributed by atoms with van der Waals surface area (Å²) in [4.78, 5) is 4.44. The lowest BCUT2D eigenvalue weighted by Gasteiger charge is -2.06. The molecule has 17 heavy (non-hydrogen) atoms. The second kappa shape index (κ2) is 4.28. The Balaban J connectivity index is 2.24. The highest BCUT2D eigenvalue weighted by Gasteiger charge is 2.14. The van der Waals surface area contributed by atoms with Crippen LogP contribution < -0.4 is 0 Å². The largest absolute Gasteiger partial charge is 0.260 e. The molecule has 3 rings (SSSR count). The van der Waals surface area contributed by atoms with Crippen LogP contribution in [0.5, 0.6) is 0 Å². The molecule has 0 atom stereocenters. The number of nitrogens with zero attached hydrogens (tertiary/aromatic N) is 1. The number of pyridine rings is 1. The number of rotatable bonds is 0. The highest BCUT2D eigenvalue weighted by Crippen LogP contribution is 2.34. The Morgan fingerprint density at radius 1 is 1.24 bits per heavy atom. The van der Waals surface area contributed by atoms with Gasteiger partial charge in [0.2, 0.25) is 0 Å². The zero-order chi connectivity index (χ0) is 11.8. The summed E-state index contributed by atoms with van der Waals surface area (Å²) in [5, 5.41) is 0.757. The zero-order valence-corrected chi connectivity index (χ0v) is 11.3. The average Bonchev–Trinajstić information content (AvgIpc) is 2.46. The molecule has 1 aromatic carbocycles. The fraction of sp³-hybridized carbons (Fsp3) is 0.0714. The molecule has 1 heterocycles. The van der Waals surface area contributed by atoms with Gasteiger partial charge < -0.3 is 0 Å². The third-order valence-electron chi connectivity index (χ3n) is 2.89. The van der Waals surface area contributed by atoms with Crippen LogP contribution in [0.1, 0.15) is 22.4 Å². The Morgan fingerprint density at radius 3 is 3.00 bits per heavy atom. The lowest BCUT2D eigenvalue weighted by molar-refractivity contribution is 1.07. The van der Waals surface area contributed by atoms with E-state index in [-0.39, 0.29) is 0 Å². The molecule has 3 heteroatoms. The number of aromatic nitrogens is 1. The van der Waals surface area contributed by atoms with Gasteiger partial charge in [-0.05, 0) is 41.0 Å². The Hall–Kier alpha value is -1.12. The normalized spacial score (nSPS) is 13.4. The van der Waals surface area contributed by atoms with E-state index in [4.69, 9.17) is 11.6 Å². The predicted octanol–water partition coefficient (Wildman–Crippen LogP) is 4.53. The van der Waals surface area contributed by atoms with Crippen LogP contribution in [0.2, 0.25) is 5.02 Å². The summed E-state index contributed by atoms with van der Waals surface area (Å²) in [5.41, 5.74) is 4.66. The molecule has 1 nitrogen and oxygen atoms in total. The Kier molecular flexibility index (Phi) is 2.77.